The van der Waals surface area contributed by atoms with Crippen molar-refractivity contribution in [3.8, 4) is 0 Å². The third kappa shape index (κ3) is 5.34. The first-order chi connectivity index (χ1) is 15.0. The Labute approximate surface area is 189 Å². The number of aryl methyl sites for hydroxylation is 2. The zero-order valence-corrected chi connectivity index (χ0v) is 19.1. The van der Waals surface area contributed by atoms with E-state index >= 15 is 0 Å². The number of nitrogens with zero attached hydrogens (tertiary/aromatic N) is 4. The summed E-state index contributed by atoms with van der Waals surface area (Å²) in [7, 11) is 0. The van der Waals surface area contributed by atoms with Crippen molar-refractivity contribution in [2.45, 2.75) is 18.2 Å². The molecular formula is C22H24FN5OS2. The van der Waals surface area contributed by atoms with Gasteiger partial charge >= 0.3 is 0 Å². The molecule has 0 spiro atoms. The number of hydrogen-bond donors (Lipinski definition) is 1. The summed E-state index contributed by atoms with van der Waals surface area (Å²) >= 11 is 2.83. The Morgan fingerprint density at radius 1 is 1.10 bits per heavy atom. The first kappa shape index (κ1) is 21.6. The minimum Gasteiger partial charge on any atom is -0.366 e. The molecule has 0 saturated carbocycles. The number of piperazine rings is 1. The second-order valence-electron chi connectivity index (χ2n) is 7.41. The fourth-order valence-corrected chi connectivity index (χ4v) is 5.06. The number of halogens is 1. The molecule has 1 saturated heterocycles. The Bertz CT molecular complexity index is 1070. The van der Waals surface area contributed by atoms with Crippen LogP contribution in [0.5, 0.6) is 0 Å². The van der Waals surface area contributed by atoms with Crippen LogP contribution in [0.2, 0.25) is 0 Å². The summed E-state index contributed by atoms with van der Waals surface area (Å²) in [5.41, 5.74) is 4.03. The SMILES string of the molecule is Cc1ccc(Nc2nnc(SCC(=O)N3CCN(c4ccccc4F)CC3)s2)cc1C. The van der Waals surface area contributed by atoms with Crippen LogP contribution in [0.1, 0.15) is 11.1 Å². The predicted molar refractivity (Wildman–Crippen MR) is 125 cm³/mol. The lowest BCUT2D eigenvalue weighted by Gasteiger charge is -2.36. The summed E-state index contributed by atoms with van der Waals surface area (Å²) < 4.78 is 14.7. The summed E-state index contributed by atoms with van der Waals surface area (Å²) in [6, 6.07) is 12.9. The van der Waals surface area contributed by atoms with E-state index in [4.69, 9.17) is 0 Å². The van der Waals surface area contributed by atoms with Crippen molar-refractivity contribution >= 4 is 45.5 Å². The van der Waals surface area contributed by atoms with Gasteiger partial charge in [-0.05, 0) is 49.2 Å². The van der Waals surface area contributed by atoms with Gasteiger partial charge in [0.1, 0.15) is 5.82 Å². The lowest BCUT2D eigenvalue weighted by atomic mass is 10.1. The maximum absolute atomic E-state index is 14.0. The van der Waals surface area contributed by atoms with E-state index in [0.29, 0.717) is 42.8 Å². The second-order valence-corrected chi connectivity index (χ2v) is 9.61. The minimum atomic E-state index is -0.223. The number of nitrogens with one attached hydrogen (secondary N) is 1. The highest BCUT2D eigenvalue weighted by Gasteiger charge is 2.23. The summed E-state index contributed by atoms with van der Waals surface area (Å²) in [6.45, 7) is 6.58. The van der Waals surface area contributed by atoms with Crippen molar-refractivity contribution in [2.75, 3.05) is 42.1 Å². The number of carbonyl (C=O) groups is 1. The van der Waals surface area contributed by atoms with Gasteiger partial charge in [-0.15, -0.1) is 10.2 Å². The highest BCUT2D eigenvalue weighted by molar-refractivity contribution is 8.01. The highest BCUT2D eigenvalue weighted by atomic mass is 32.2. The molecule has 1 amide bonds. The number of rotatable bonds is 6. The van der Waals surface area contributed by atoms with Crippen molar-refractivity contribution in [1.29, 1.82) is 0 Å². The second kappa shape index (κ2) is 9.65. The molecule has 9 heteroatoms. The number of hydrogen-bond acceptors (Lipinski definition) is 7. The van der Waals surface area contributed by atoms with Crippen LogP contribution >= 0.6 is 23.1 Å². The molecule has 0 bridgehead atoms. The van der Waals surface area contributed by atoms with E-state index in [1.165, 1.54) is 40.3 Å². The Morgan fingerprint density at radius 3 is 2.61 bits per heavy atom. The number of anilines is 3. The molecule has 3 aromatic rings. The van der Waals surface area contributed by atoms with E-state index in [1.807, 2.05) is 21.9 Å². The average Bonchev–Trinajstić information content (AvgIpc) is 3.22. The van der Waals surface area contributed by atoms with Gasteiger partial charge in [-0.2, -0.15) is 0 Å². The molecule has 2 heterocycles. The fourth-order valence-electron chi connectivity index (χ4n) is 3.38. The predicted octanol–water partition coefficient (Wildman–Crippen LogP) is 4.48. The molecule has 6 nitrogen and oxygen atoms in total. The molecule has 31 heavy (non-hydrogen) atoms. The van der Waals surface area contributed by atoms with E-state index in [1.54, 1.807) is 12.1 Å². The van der Waals surface area contributed by atoms with Crippen molar-refractivity contribution in [1.82, 2.24) is 15.1 Å². The van der Waals surface area contributed by atoms with Gasteiger partial charge in [-0.3, -0.25) is 4.79 Å². The molecule has 1 fully saturated rings. The normalized spacial score (nSPS) is 14.0. The molecule has 0 aliphatic carbocycles. The largest absolute Gasteiger partial charge is 0.366 e. The first-order valence-electron chi connectivity index (χ1n) is 10.1. The molecule has 2 aromatic carbocycles. The summed E-state index contributed by atoms with van der Waals surface area (Å²) in [5.74, 6) is 0.161. The standard InChI is InChI=1S/C22H24FN5OS2/c1-15-7-8-17(13-16(15)2)24-21-25-26-22(31-21)30-14-20(29)28-11-9-27(10-12-28)19-6-4-3-5-18(19)23/h3-8,13H,9-12,14H2,1-2H3,(H,24,25). The van der Waals surface area contributed by atoms with Crippen molar-refractivity contribution in [3.05, 3.63) is 59.4 Å². The van der Waals surface area contributed by atoms with Crippen molar-refractivity contribution < 1.29 is 9.18 Å². The molecule has 1 aromatic heterocycles. The number of carbonyl (C=O) groups excluding carboxylic acids is 1. The van der Waals surface area contributed by atoms with Crippen molar-refractivity contribution in [2.24, 2.45) is 0 Å². The molecule has 1 aliphatic heterocycles. The van der Waals surface area contributed by atoms with E-state index < -0.39 is 0 Å². The van der Waals surface area contributed by atoms with Gasteiger partial charge in [0, 0.05) is 31.9 Å². The molecular weight excluding hydrogens is 433 g/mol. The van der Waals surface area contributed by atoms with Crippen LogP contribution in [0.15, 0.2) is 46.8 Å². The number of amides is 1. The Kier molecular flexibility index (Phi) is 6.72. The lowest BCUT2D eigenvalue weighted by Crippen LogP contribution is -2.49. The number of para-hydroxylation sites is 1. The zero-order valence-electron chi connectivity index (χ0n) is 17.5. The van der Waals surface area contributed by atoms with Gasteiger partial charge in [0.05, 0.1) is 11.4 Å². The zero-order chi connectivity index (χ0) is 21.8. The molecule has 0 unspecified atom stereocenters. The van der Waals surface area contributed by atoms with Crippen LogP contribution < -0.4 is 10.2 Å². The lowest BCUT2D eigenvalue weighted by molar-refractivity contribution is -0.128. The van der Waals surface area contributed by atoms with Crippen LogP contribution in [0.3, 0.4) is 0 Å². The van der Waals surface area contributed by atoms with E-state index in [0.717, 1.165) is 10.0 Å². The molecule has 1 aliphatic rings. The van der Waals surface area contributed by atoms with Crippen LogP contribution in [0, 0.1) is 19.7 Å². The van der Waals surface area contributed by atoms with E-state index in [2.05, 4.69) is 41.5 Å². The van der Waals surface area contributed by atoms with Crippen molar-refractivity contribution in [3.63, 3.8) is 0 Å². The Balaban J connectivity index is 1.26. The number of benzene rings is 2. The fraction of sp³-hybridized carbons (Fsp3) is 0.318. The minimum absolute atomic E-state index is 0.0667. The molecule has 4 rings (SSSR count). The Hall–Kier alpha value is -2.65. The molecule has 0 atom stereocenters. The molecule has 0 radical (unpaired) electrons. The third-order valence-electron chi connectivity index (χ3n) is 5.31. The van der Waals surface area contributed by atoms with Gasteiger partial charge in [-0.1, -0.05) is 41.3 Å². The van der Waals surface area contributed by atoms with Gasteiger partial charge in [0.2, 0.25) is 11.0 Å². The van der Waals surface area contributed by atoms with Gasteiger partial charge in [0.25, 0.3) is 0 Å². The highest BCUT2D eigenvalue weighted by Crippen LogP contribution is 2.28. The summed E-state index contributed by atoms with van der Waals surface area (Å²) in [6.07, 6.45) is 0. The Morgan fingerprint density at radius 2 is 1.87 bits per heavy atom. The van der Waals surface area contributed by atoms with E-state index in [9.17, 15) is 9.18 Å². The quantitative estimate of drug-likeness (QED) is 0.551. The maximum Gasteiger partial charge on any atom is 0.233 e. The van der Waals surface area contributed by atoms with Gasteiger partial charge in [-0.25, -0.2) is 4.39 Å². The average molecular weight is 458 g/mol. The summed E-state index contributed by atoms with van der Waals surface area (Å²) in [5, 5.41) is 12.3. The molecule has 1 N–H and O–H groups in total. The van der Waals surface area contributed by atoms with Gasteiger partial charge < -0.3 is 15.1 Å². The summed E-state index contributed by atoms with van der Waals surface area (Å²) in [4.78, 5) is 16.4. The smallest absolute Gasteiger partial charge is 0.233 e. The third-order valence-corrected chi connectivity index (χ3v) is 7.27. The van der Waals surface area contributed by atoms with E-state index in [-0.39, 0.29) is 11.7 Å². The first-order valence-corrected chi connectivity index (χ1v) is 11.9. The van der Waals surface area contributed by atoms with Crippen LogP contribution in [-0.2, 0) is 4.79 Å². The van der Waals surface area contributed by atoms with Crippen LogP contribution in [-0.4, -0.2) is 52.9 Å². The number of thioether (sulfide) groups is 1. The van der Waals surface area contributed by atoms with Crippen LogP contribution in [0.25, 0.3) is 0 Å². The monoisotopic (exact) mass is 457 g/mol. The molecule has 162 valence electrons. The maximum atomic E-state index is 14.0. The van der Waals surface area contributed by atoms with Gasteiger partial charge in [0.15, 0.2) is 4.34 Å². The topological polar surface area (TPSA) is 61.4 Å². The number of aromatic nitrogens is 2. The van der Waals surface area contributed by atoms with Crippen LogP contribution in [0.4, 0.5) is 20.9 Å².